The summed E-state index contributed by atoms with van der Waals surface area (Å²) in [5.41, 5.74) is 12.6. The highest BCUT2D eigenvalue weighted by molar-refractivity contribution is 8.13. The van der Waals surface area contributed by atoms with Gasteiger partial charge in [-0.3, -0.25) is 23.9 Å². The van der Waals surface area contributed by atoms with Crippen molar-refractivity contribution in [2.75, 3.05) is 69.4 Å². The van der Waals surface area contributed by atoms with Crippen molar-refractivity contribution < 1.29 is 24.2 Å². The summed E-state index contributed by atoms with van der Waals surface area (Å²) in [4.78, 5) is 34.8. The second-order valence-electron chi connectivity index (χ2n) is 17.9. The van der Waals surface area contributed by atoms with Gasteiger partial charge in [0.1, 0.15) is 18.0 Å². The molecule has 4 aliphatic heterocycles. The number of carbonyl (C=O) groups excluding carboxylic acids is 1. The SMILES string of the molecule is CC(=O)O.CSC(=NC#N)N1CCC(=O)CC1.Cc1cc([C@H]2CN(C3CCN(c4n[nH]c(N)n4)CC3)[C@@H](Cc3ccc(Cl)cc3)CO2)nn1C.Cc1cc([C@H]2CN[C@@H](Cc3ccc(Cl)cc3)CO2)nn1C.Cl. The van der Waals surface area contributed by atoms with E-state index in [9.17, 15) is 4.79 Å². The highest BCUT2D eigenvalue weighted by Gasteiger charge is 2.37. The van der Waals surface area contributed by atoms with Crippen molar-refractivity contribution in [3.8, 4) is 6.19 Å². The van der Waals surface area contributed by atoms with Gasteiger partial charge in [-0.15, -0.1) is 22.5 Å². The van der Waals surface area contributed by atoms with E-state index >= 15 is 0 Å². The molecule has 5 N–H and O–H groups in total. The number of aliphatic imine (C=N–C) groups is 1. The summed E-state index contributed by atoms with van der Waals surface area (Å²) < 4.78 is 16.1. The Kier molecular flexibility index (Phi) is 22.6. The third-order valence-corrected chi connectivity index (χ3v) is 14.0. The van der Waals surface area contributed by atoms with E-state index in [0.717, 1.165) is 96.8 Å². The normalized spacial score (nSPS) is 20.7. The third kappa shape index (κ3) is 17.2. The van der Waals surface area contributed by atoms with E-state index in [1.165, 1.54) is 22.9 Å². The molecule has 0 bridgehead atoms. The fourth-order valence-corrected chi connectivity index (χ4v) is 9.62. The van der Waals surface area contributed by atoms with E-state index in [-0.39, 0.29) is 24.6 Å². The topological polar surface area (TPSA) is 234 Å². The van der Waals surface area contributed by atoms with Gasteiger partial charge in [-0.05, 0) is 93.3 Å². The number of carboxylic acids is 1. The summed E-state index contributed by atoms with van der Waals surface area (Å²) >= 11 is 13.5. The van der Waals surface area contributed by atoms with Crippen LogP contribution in [0.1, 0.15) is 78.7 Å². The number of halogens is 3. The number of anilines is 2. The number of H-pyrrole nitrogens is 1. The molecule has 4 aliphatic rings. The molecule has 0 aliphatic carbocycles. The molecule has 7 heterocycles. The van der Waals surface area contributed by atoms with Crippen LogP contribution in [0.15, 0.2) is 65.7 Å². The number of hydrogen-bond acceptors (Lipinski definition) is 15. The molecule has 0 amide bonds. The predicted molar refractivity (Wildman–Crippen MR) is 285 cm³/mol. The van der Waals surface area contributed by atoms with Crippen LogP contribution in [0.5, 0.6) is 0 Å². The summed E-state index contributed by atoms with van der Waals surface area (Å²) in [7, 11) is 3.94. The van der Waals surface area contributed by atoms with E-state index in [1.807, 2.05) is 58.9 Å². The molecule has 9 rings (SSSR count). The van der Waals surface area contributed by atoms with Crippen molar-refractivity contribution in [3.05, 3.63) is 105 Å². The fourth-order valence-electron chi connectivity index (χ4n) is 8.79. The number of hydrogen-bond donors (Lipinski definition) is 4. The van der Waals surface area contributed by atoms with Crippen LogP contribution in [0, 0.1) is 25.3 Å². The Morgan fingerprint density at radius 2 is 1.44 bits per heavy atom. The molecule has 23 heteroatoms. The molecule has 4 fully saturated rings. The lowest BCUT2D eigenvalue weighted by molar-refractivity contribution is -0.134. The molecule has 3 aromatic heterocycles. The number of nitrogen functional groups attached to an aromatic ring is 1. The summed E-state index contributed by atoms with van der Waals surface area (Å²) in [6, 6.07) is 21.5. The lowest BCUT2D eigenvalue weighted by Gasteiger charge is -2.46. The van der Waals surface area contributed by atoms with Crippen molar-refractivity contribution in [1.29, 1.82) is 5.26 Å². The number of thioether (sulfide) groups is 1. The number of rotatable bonds is 8. The van der Waals surface area contributed by atoms with Gasteiger partial charge < -0.3 is 35.4 Å². The zero-order valence-electron chi connectivity index (χ0n) is 41.7. The number of amidine groups is 1. The van der Waals surface area contributed by atoms with Gasteiger partial charge in [0.2, 0.25) is 18.1 Å². The predicted octanol–water partition coefficient (Wildman–Crippen LogP) is 6.75. The summed E-state index contributed by atoms with van der Waals surface area (Å²) in [5.74, 6) is 0.512. The number of benzene rings is 2. The zero-order valence-corrected chi connectivity index (χ0v) is 44.9. The summed E-state index contributed by atoms with van der Waals surface area (Å²) in [5, 5.41) is 37.8. The number of piperidine rings is 2. The molecule has 390 valence electrons. The Morgan fingerprint density at radius 3 is 1.92 bits per heavy atom. The molecule has 5 aromatic rings. The number of aromatic amines is 1. The van der Waals surface area contributed by atoms with Gasteiger partial charge in [0.25, 0.3) is 5.97 Å². The zero-order chi connectivity index (χ0) is 51.0. The number of aromatic nitrogens is 7. The number of nitrogens with zero attached hydrogens (tertiary/aromatic N) is 11. The average Bonchev–Trinajstić information content (AvgIpc) is 4.06. The van der Waals surface area contributed by atoms with Crippen molar-refractivity contribution in [1.82, 2.24) is 49.9 Å². The minimum Gasteiger partial charge on any atom is -0.481 e. The van der Waals surface area contributed by atoms with Gasteiger partial charge in [-0.2, -0.15) is 20.4 Å². The number of Topliss-reactive ketones (excluding diaryl/α,β-unsaturated/α-hetero) is 1. The van der Waals surface area contributed by atoms with Crippen LogP contribution in [-0.4, -0.2) is 143 Å². The van der Waals surface area contributed by atoms with Gasteiger partial charge in [-0.25, -0.2) is 5.10 Å². The molecule has 19 nitrogen and oxygen atoms in total. The van der Waals surface area contributed by atoms with Crippen LogP contribution in [0.2, 0.25) is 10.0 Å². The minimum atomic E-state index is -0.833. The molecular formula is C49H67Cl3N14O5S. The first-order valence-electron chi connectivity index (χ1n) is 23.7. The fraction of sp³-hybridized carbons (Fsp3) is 0.510. The first kappa shape index (κ1) is 57.7. The van der Waals surface area contributed by atoms with E-state index in [1.54, 1.807) is 6.19 Å². The number of nitrogens with one attached hydrogen (secondary N) is 2. The maximum absolute atomic E-state index is 10.9. The van der Waals surface area contributed by atoms with E-state index in [4.69, 9.17) is 58.7 Å². The van der Waals surface area contributed by atoms with Crippen LogP contribution < -0.4 is 16.0 Å². The van der Waals surface area contributed by atoms with Crippen LogP contribution in [-0.2, 0) is 46.0 Å². The molecule has 4 atom stereocenters. The van der Waals surface area contributed by atoms with Gasteiger partial charge in [0.05, 0.1) is 24.6 Å². The second-order valence-corrected chi connectivity index (χ2v) is 19.6. The molecule has 72 heavy (non-hydrogen) atoms. The lowest BCUT2D eigenvalue weighted by atomic mass is 9.96. The number of carboxylic acid groups (broad SMARTS) is 1. The molecular weight excluding hydrogens is 1000 g/mol. The number of nitrogens with two attached hydrogens (primary N) is 1. The Bertz CT molecular complexity index is 2500. The quantitative estimate of drug-likeness (QED) is 0.0715. The van der Waals surface area contributed by atoms with Crippen molar-refractivity contribution in [2.24, 2.45) is 19.1 Å². The van der Waals surface area contributed by atoms with Gasteiger partial charge >= 0.3 is 0 Å². The van der Waals surface area contributed by atoms with Crippen LogP contribution in [0.4, 0.5) is 11.9 Å². The maximum atomic E-state index is 10.9. The molecule has 0 unspecified atom stereocenters. The lowest BCUT2D eigenvalue weighted by Crippen LogP contribution is -2.55. The smallest absolute Gasteiger partial charge is 0.300 e. The number of morpholine rings is 2. The van der Waals surface area contributed by atoms with Gasteiger partial charge in [0.15, 0.2) is 5.17 Å². The van der Waals surface area contributed by atoms with Crippen LogP contribution in [0.25, 0.3) is 0 Å². The van der Waals surface area contributed by atoms with Gasteiger partial charge in [0, 0.05) is 113 Å². The van der Waals surface area contributed by atoms with Crippen molar-refractivity contribution in [2.45, 2.75) is 89.6 Å². The number of nitriles is 1. The Labute approximate surface area is 442 Å². The Hall–Kier alpha value is -5.24. The second kappa shape index (κ2) is 28.3. The number of aryl methyl sites for hydroxylation is 4. The number of ether oxygens (including phenoxy) is 2. The highest BCUT2D eigenvalue weighted by atomic mass is 35.5. The number of likely N-dealkylation sites (tertiary alicyclic amines) is 1. The van der Waals surface area contributed by atoms with E-state index in [0.29, 0.717) is 75.0 Å². The van der Waals surface area contributed by atoms with Gasteiger partial charge in [-0.1, -0.05) is 59.2 Å². The third-order valence-electron chi connectivity index (χ3n) is 12.8. The molecule has 0 radical (unpaired) electrons. The van der Waals surface area contributed by atoms with Crippen molar-refractivity contribution in [3.63, 3.8) is 0 Å². The molecule has 0 saturated carbocycles. The first-order chi connectivity index (χ1) is 34.1. The monoisotopic (exact) mass is 1070 g/mol. The number of carbonyl (C=O) groups is 2. The first-order valence-corrected chi connectivity index (χ1v) is 25.7. The largest absolute Gasteiger partial charge is 0.481 e. The van der Waals surface area contributed by atoms with Crippen LogP contribution >= 0.6 is 47.4 Å². The summed E-state index contributed by atoms with van der Waals surface area (Å²) in [6.07, 6.45) is 8.79. The molecule has 4 saturated heterocycles. The summed E-state index contributed by atoms with van der Waals surface area (Å²) in [6.45, 7) is 11.4. The number of aliphatic carboxylic acids is 1. The molecule has 0 spiro atoms. The van der Waals surface area contributed by atoms with E-state index < -0.39 is 5.97 Å². The molecule has 2 aromatic carbocycles. The van der Waals surface area contributed by atoms with Crippen LogP contribution in [0.3, 0.4) is 0 Å². The Balaban J connectivity index is 0.000000211. The Morgan fingerprint density at radius 1 is 0.903 bits per heavy atom. The minimum absolute atomic E-state index is 0. The highest BCUT2D eigenvalue weighted by Crippen LogP contribution is 2.32. The maximum Gasteiger partial charge on any atom is 0.300 e. The van der Waals surface area contributed by atoms with Crippen molar-refractivity contribution >= 4 is 76.2 Å². The average molecular weight is 1070 g/mol. The van der Waals surface area contributed by atoms with E-state index in [2.05, 4.69) is 90.6 Å². The number of ketones is 1. The standard InChI is InChI=1S/C23H31ClN8O.C16H20ClN3O.C8H11N3OS.C2H4O2.ClH/c1-15-11-20(29-30(15)2)21-13-32(19(14-33-21)12-16-3-5-17(24)6-4-16)18-7-9-31(10-8-18)23-26-22(25)27-28-23;1-11-7-15(19-20(11)2)16-9-18-14(10-21-16)8-12-3-5-13(17)6-4-12;1-13-8(10-6-9)11-4-2-7(12)3-5-11;1-2(3)4;/h3-6,11,18-19,21H,7-10,12-14H2,1-2H3,(H3,25,26,27,28);3-7,14,16,18H,8-10H2,1-2H3;2-5H2,1H3;1H3,(H,3,4);1H/t19-,21+;14-,16+;;;/m00.../s1.